The smallest absolute Gasteiger partial charge is 0.272 e. The van der Waals surface area contributed by atoms with Gasteiger partial charge in [0.1, 0.15) is 5.75 Å². The monoisotopic (exact) mass is 415 g/mol. The molecule has 1 aliphatic heterocycles. The highest BCUT2D eigenvalue weighted by molar-refractivity contribution is 8.04. The number of carbonyl (C=O) groups excluding carboxylic acids is 2. The molecule has 5 heteroatoms. The van der Waals surface area contributed by atoms with Crippen molar-refractivity contribution in [2.75, 3.05) is 12.0 Å². The maximum atomic E-state index is 13.5. The summed E-state index contributed by atoms with van der Waals surface area (Å²) in [6.45, 7) is 3.86. The summed E-state index contributed by atoms with van der Waals surface area (Å²) in [5, 5.41) is 0. The van der Waals surface area contributed by atoms with Gasteiger partial charge in [-0.1, -0.05) is 54.2 Å². The van der Waals surface area contributed by atoms with Crippen LogP contribution in [0.1, 0.15) is 16.7 Å². The topological polar surface area (TPSA) is 46.6 Å². The second-order valence-corrected chi connectivity index (χ2v) is 8.17. The molecule has 0 atom stereocenters. The van der Waals surface area contributed by atoms with Crippen molar-refractivity contribution in [1.82, 2.24) is 0 Å². The Labute approximate surface area is 180 Å². The van der Waals surface area contributed by atoms with Crippen LogP contribution in [-0.2, 0) is 9.59 Å². The van der Waals surface area contributed by atoms with Crippen molar-refractivity contribution in [1.29, 1.82) is 0 Å². The number of anilines is 1. The molecule has 4 rings (SSSR count). The molecule has 0 saturated heterocycles. The molecule has 1 aliphatic rings. The summed E-state index contributed by atoms with van der Waals surface area (Å²) < 4.78 is 5.24. The molecule has 4 nitrogen and oxygen atoms in total. The van der Waals surface area contributed by atoms with Crippen LogP contribution >= 0.6 is 11.8 Å². The number of hydrogen-bond donors (Lipinski definition) is 0. The van der Waals surface area contributed by atoms with Crippen molar-refractivity contribution in [3.8, 4) is 5.75 Å². The third-order valence-corrected chi connectivity index (χ3v) is 6.08. The van der Waals surface area contributed by atoms with Crippen molar-refractivity contribution >= 4 is 34.8 Å². The number of benzene rings is 3. The standard InChI is InChI=1S/C25H21NO3S/c1-16-9-10-17(2)21(15-16)26-24(27)22(18-11-13-19(29-3)14-12-18)23(25(26)28)30-20-7-5-4-6-8-20/h4-15H,1-3H3. The fourth-order valence-corrected chi connectivity index (χ4v) is 4.42. The molecule has 0 radical (unpaired) electrons. The minimum atomic E-state index is -0.308. The molecule has 150 valence electrons. The SMILES string of the molecule is COc1ccc(C2=C(Sc3ccccc3)C(=O)N(c3cc(C)ccc3C)C2=O)cc1. The third-order valence-electron chi connectivity index (χ3n) is 4.99. The molecule has 3 aromatic carbocycles. The molecule has 0 fully saturated rings. The quantitative estimate of drug-likeness (QED) is 0.524. The normalized spacial score (nSPS) is 13.9. The van der Waals surface area contributed by atoms with E-state index in [4.69, 9.17) is 4.74 Å². The summed E-state index contributed by atoms with van der Waals surface area (Å²) in [6, 6.07) is 22.6. The average molecular weight is 416 g/mol. The first kappa shape index (κ1) is 20.0. The van der Waals surface area contributed by atoms with Gasteiger partial charge in [0, 0.05) is 4.90 Å². The predicted molar refractivity (Wildman–Crippen MR) is 121 cm³/mol. The summed E-state index contributed by atoms with van der Waals surface area (Å²) in [7, 11) is 1.59. The Bertz CT molecular complexity index is 1150. The van der Waals surface area contributed by atoms with Crippen LogP contribution in [0.3, 0.4) is 0 Å². The predicted octanol–water partition coefficient (Wildman–Crippen LogP) is 5.39. The number of nitrogens with zero attached hydrogens (tertiary/aromatic N) is 1. The zero-order chi connectivity index (χ0) is 21.3. The van der Waals surface area contributed by atoms with E-state index in [0.29, 0.717) is 27.5 Å². The first-order valence-corrected chi connectivity index (χ1v) is 10.4. The van der Waals surface area contributed by atoms with Gasteiger partial charge in [-0.3, -0.25) is 9.59 Å². The van der Waals surface area contributed by atoms with Crippen LogP contribution in [0.4, 0.5) is 5.69 Å². The van der Waals surface area contributed by atoms with Gasteiger partial charge in [0.05, 0.1) is 23.3 Å². The van der Waals surface area contributed by atoms with E-state index >= 15 is 0 Å². The van der Waals surface area contributed by atoms with Crippen LogP contribution in [0.15, 0.2) is 82.6 Å². The molecule has 0 unspecified atom stereocenters. The Morgan fingerprint density at radius 3 is 2.20 bits per heavy atom. The number of aryl methyl sites for hydroxylation is 2. The molecule has 0 N–H and O–H groups in total. The molecule has 1 heterocycles. The lowest BCUT2D eigenvalue weighted by Gasteiger charge is -2.18. The van der Waals surface area contributed by atoms with Crippen LogP contribution in [0.25, 0.3) is 5.57 Å². The molecule has 2 amide bonds. The fraction of sp³-hybridized carbons (Fsp3) is 0.120. The Hall–Kier alpha value is -3.31. The molecular formula is C25H21NO3S. The molecule has 30 heavy (non-hydrogen) atoms. The van der Waals surface area contributed by atoms with Gasteiger partial charge in [0.2, 0.25) is 0 Å². The maximum absolute atomic E-state index is 13.5. The van der Waals surface area contributed by atoms with Crippen LogP contribution < -0.4 is 9.64 Å². The van der Waals surface area contributed by atoms with Crippen LogP contribution in [0.5, 0.6) is 5.75 Å². The van der Waals surface area contributed by atoms with E-state index in [9.17, 15) is 9.59 Å². The lowest BCUT2D eigenvalue weighted by Crippen LogP contribution is -2.32. The summed E-state index contributed by atoms with van der Waals surface area (Å²) in [5.74, 6) is 0.0884. The second kappa shape index (κ2) is 8.20. The van der Waals surface area contributed by atoms with Gasteiger partial charge >= 0.3 is 0 Å². The fourth-order valence-electron chi connectivity index (χ4n) is 3.40. The Morgan fingerprint density at radius 1 is 0.833 bits per heavy atom. The molecule has 3 aromatic rings. The van der Waals surface area contributed by atoms with E-state index in [-0.39, 0.29) is 11.8 Å². The summed E-state index contributed by atoms with van der Waals surface area (Å²) >= 11 is 1.32. The Kier molecular flexibility index (Phi) is 5.46. The minimum Gasteiger partial charge on any atom is -0.497 e. The number of imide groups is 1. The molecular weight excluding hydrogens is 394 g/mol. The number of carbonyl (C=O) groups is 2. The second-order valence-electron chi connectivity index (χ2n) is 7.08. The van der Waals surface area contributed by atoms with E-state index in [0.717, 1.165) is 16.0 Å². The van der Waals surface area contributed by atoms with Gasteiger partial charge in [-0.05, 0) is 60.9 Å². The highest BCUT2D eigenvalue weighted by Gasteiger charge is 2.41. The van der Waals surface area contributed by atoms with E-state index in [1.807, 2.05) is 74.5 Å². The minimum absolute atomic E-state index is 0.298. The molecule has 0 spiro atoms. The summed E-state index contributed by atoms with van der Waals surface area (Å²) in [4.78, 5) is 29.7. The van der Waals surface area contributed by atoms with E-state index < -0.39 is 0 Å². The number of amides is 2. The first-order chi connectivity index (χ1) is 14.5. The maximum Gasteiger partial charge on any atom is 0.272 e. The van der Waals surface area contributed by atoms with Gasteiger partial charge in [-0.15, -0.1) is 0 Å². The van der Waals surface area contributed by atoms with E-state index in [1.165, 1.54) is 16.7 Å². The van der Waals surface area contributed by atoms with Crippen LogP contribution in [0, 0.1) is 13.8 Å². The number of hydrogen-bond acceptors (Lipinski definition) is 4. The largest absolute Gasteiger partial charge is 0.497 e. The number of methoxy groups -OCH3 is 1. The van der Waals surface area contributed by atoms with Gasteiger partial charge < -0.3 is 4.74 Å². The van der Waals surface area contributed by atoms with Crippen molar-refractivity contribution in [2.45, 2.75) is 18.7 Å². The zero-order valence-corrected chi connectivity index (χ0v) is 17.8. The van der Waals surface area contributed by atoms with Crippen molar-refractivity contribution in [3.05, 3.63) is 94.4 Å². The number of ether oxygens (including phenoxy) is 1. The molecule has 0 aromatic heterocycles. The highest BCUT2D eigenvalue weighted by Crippen LogP contribution is 2.42. The molecule has 0 bridgehead atoms. The zero-order valence-electron chi connectivity index (χ0n) is 17.0. The van der Waals surface area contributed by atoms with Gasteiger partial charge in [0.15, 0.2) is 0 Å². The molecule has 0 aliphatic carbocycles. The van der Waals surface area contributed by atoms with Crippen molar-refractivity contribution in [2.24, 2.45) is 0 Å². The average Bonchev–Trinajstić information content (AvgIpc) is 3.00. The first-order valence-electron chi connectivity index (χ1n) is 9.57. The van der Waals surface area contributed by atoms with Crippen molar-refractivity contribution < 1.29 is 14.3 Å². The Morgan fingerprint density at radius 2 is 1.53 bits per heavy atom. The van der Waals surface area contributed by atoms with Crippen LogP contribution in [-0.4, -0.2) is 18.9 Å². The summed E-state index contributed by atoms with van der Waals surface area (Å²) in [6.07, 6.45) is 0. The van der Waals surface area contributed by atoms with Crippen molar-refractivity contribution in [3.63, 3.8) is 0 Å². The van der Waals surface area contributed by atoms with Gasteiger partial charge in [-0.2, -0.15) is 0 Å². The summed E-state index contributed by atoms with van der Waals surface area (Å²) in [5.41, 5.74) is 3.60. The number of thioether (sulfide) groups is 1. The third kappa shape index (κ3) is 3.64. The highest BCUT2D eigenvalue weighted by atomic mass is 32.2. The molecule has 0 saturated carbocycles. The number of rotatable bonds is 5. The van der Waals surface area contributed by atoms with Gasteiger partial charge in [-0.25, -0.2) is 4.90 Å². The lowest BCUT2D eigenvalue weighted by molar-refractivity contribution is -0.119. The van der Waals surface area contributed by atoms with E-state index in [1.54, 1.807) is 19.2 Å². The van der Waals surface area contributed by atoms with E-state index in [2.05, 4.69) is 0 Å². The lowest BCUT2D eigenvalue weighted by atomic mass is 10.1. The van der Waals surface area contributed by atoms with Gasteiger partial charge in [0.25, 0.3) is 11.8 Å². The van der Waals surface area contributed by atoms with Crippen LogP contribution in [0.2, 0.25) is 0 Å². The Balaban J connectivity index is 1.84.